The van der Waals surface area contributed by atoms with Gasteiger partial charge in [-0.05, 0) is 34.7 Å². The second-order valence-corrected chi connectivity index (χ2v) is 4.81. The van der Waals surface area contributed by atoms with Crippen molar-refractivity contribution >= 4 is 45.9 Å². The Balaban J connectivity index is 3.20. The number of benzene rings is 1. The summed E-state index contributed by atoms with van der Waals surface area (Å²) in [4.78, 5) is 15.5. The minimum Gasteiger partial charge on any atom is -0.464 e. The second-order valence-electron chi connectivity index (χ2n) is 3.30. The summed E-state index contributed by atoms with van der Waals surface area (Å²) in [7, 11) is 2.91. The van der Waals surface area contributed by atoms with E-state index < -0.39 is 5.97 Å². The quantitative estimate of drug-likeness (QED) is 0.380. The van der Waals surface area contributed by atoms with E-state index in [2.05, 4.69) is 9.73 Å². The molecule has 2 N–H and O–H groups in total. The highest BCUT2D eigenvalue weighted by molar-refractivity contribution is 14.1. The van der Waals surface area contributed by atoms with E-state index in [0.717, 1.165) is 5.56 Å². The van der Waals surface area contributed by atoms with Gasteiger partial charge in [0, 0.05) is 17.6 Å². The van der Waals surface area contributed by atoms with Gasteiger partial charge < -0.3 is 10.5 Å². The largest absolute Gasteiger partial charge is 0.464 e. The monoisotopic (exact) mass is 378 g/mol. The summed E-state index contributed by atoms with van der Waals surface area (Å²) < 4.78 is 5.13. The first-order chi connectivity index (χ1) is 8.51. The summed E-state index contributed by atoms with van der Waals surface area (Å²) in [5.41, 5.74) is 7.19. The molecule has 0 heterocycles. The van der Waals surface area contributed by atoms with E-state index in [-0.39, 0.29) is 5.70 Å². The molecule has 0 amide bonds. The summed E-state index contributed by atoms with van der Waals surface area (Å²) >= 11 is 7.79. The zero-order chi connectivity index (χ0) is 13.7. The molecule has 96 valence electrons. The summed E-state index contributed by atoms with van der Waals surface area (Å²) in [6.45, 7) is 0. The number of esters is 1. The number of nitrogens with zero attached hydrogens (tertiary/aromatic N) is 1. The fourth-order valence-electron chi connectivity index (χ4n) is 1.29. The van der Waals surface area contributed by atoms with Crippen LogP contribution in [0.5, 0.6) is 0 Å². The molecular formula is C12H12ClIN2O2. The van der Waals surface area contributed by atoms with Gasteiger partial charge in [-0.3, -0.25) is 4.99 Å². The van der Waals surface area contributed by atoms with E-state index >= 15 is 0 Å². The van der Waals surface area contributed by atoms with Crippen LogP contribution in [0.25, 0.3) is 0 Å². The van der Waals surface area contributed by atoms with E-state index in [1.807, 2.05) is 34.7 Å². The Bertz CT molecular complexity index is 509. The molecule has 0 saturated carbocycles. The van der Waals surface area contributed by atoms with Crippen LogP contribution in [0.1, 0.15) is 5.56 Å². The first kappa shape index (κ1) is 15.0. The number of carbonyl (C=O) groups excluding carboxylic acids is 1. The molecule has 6 heteroatoms. The zero-order valence-corrected chi connectivity index (χ0v) is 12.8. The second kappa shape index (κ2) is 6.75. The van der Waals surface area contributed by atoms with Gasteiger partial charge in [0.2, 0.25) is 0 Å². The third-order valence-electron chi connectivity index (χ3n) is 2.19. The molecule has 0 saturated heterocycles. The Morgan fingerprint density at radius 1 is 1.39 bits per heavy atom. The van der Waals surface area contributed by atoms with Gasteiger partial charge in [0.25, 0.3) is 0 Å². The number of halogens is 2. The van der Waals surface area contributed by atoms with Gasteiger partial charge >= 0.3 is 5.97 Å². The van der Waals surface area contributed by atoms with Crippen LogP contribution in [-0.4, -0.2) is 25.8 Å². The Morgan fingerprint density at radius 2 is 1.94 bits per heavy atom. The maximum atomic E-state index is 11.4. The van der Waals surface area contributed by atoms with Crippen LogP contribution in [0.3, 0.4) is 0 Å². The average molecular weight is 379 g/mol. The summed E-state index contributed by atoms with van der Waals surface area (Å²) in [5.74, 6) is -0.575. The van der Waals surface area contributed by atoms with Gasteiger partial charge in [-0.25, -0.2) is 4.79 Å². The minimum absolute atomic E-state index is 0.0358. The molecule has 1 aromatic carbocycles. The van der Waals surface area contributed by atoms with Gasteiger partial charge in [-0.15, -0.1) is 0 Å². The Kier molecular flexibility index (Phi) is 5.61. The molecule has 4 nitrogen and oxygen atoms in total. The highest BCUT2D eigenvalue weighted by Gasteiger charge is 2.16. The molecule has 0 spiro atoms. The van der Waals surface area contributed by atoms with Crippen LogP contribution in [0.2, 0.25) is 5.02 Å². The molecule has 1 rings (SSSR count). The predicted molar refractivity (Wildman–Crippen MR) is 81.2 cm³/mol. The van der Waals surface area contributed by atoms with Crippen LogP contribution in [0, 0.1) is 0 Å². The van der Waals surface area contributed by atoms with E-state index in [1.54, 1.807) is 19.2 Å². The van der Waals surface area contributed by atoms with Crippen molar-refractivity contribution < 1.29 is 9.53 Å². The van der Waals surface area contributed by atoms with Crippen molar-refractivity contribution in [3.05, 3.63) is 44.1 Å². The fourth-order valence-corrected chi connectivity index (χ4v) is 2.19. The molecule has 0 bridgehead atoms. The predicted octanol–water partition coefficient (Wildman–Crippen LogP) is 2.54. The number of methoxy groups -OCH3 is 1. The highest BCUT2D eigenvalue weighted by atomic mass is 127. The fraction of sp³-hybridized carbons (Fsp3) is 0.167. The van der Waals surface area contributed by atoms with Crippen LogP contribution in [0.15, 0.2) is 38.5 Å². The third-order valence-corrected chi connectivity index (χ3v) is 3.53. The first-order valence-electron chi connectivity index (χ1n) is 4.98. The van der Waals surface area contributed by atoms with Crippen molar-refractivity contribution in [2.24, 2.45) is 10.7 Å². The Hall–Kier alpha value is -1.08. The van der Waals surface area contributed by atoms with Gasteiger partial charge in [-0.2, -0.15) is 0 Å². The van der Waals surface area contributed by atoms with Crippen molar-refractivity contribution in [3.63, 3.8) is 0 Å². The van der Waals surface area contributed by atoms with Gasteiger partial charge in [0.1, 0.15) is 5.70 Å². The molecule has 0 atom stereocenters. The molecule has 0 radical (unpaired) electrons. The van der Waals surface area contributed by atoms with Crippen LogP contribution in [0.4, 0.5) is 0 Å². The number of carbonyl (C=O) groups is 1. The number of hydrogen-bond acceptors (Lipinski definition) is 4. The van der Waals surface area contributed by atoms with Crippen molar-refractivity contribution in [1.29, 1.82) is 0 Å². The lowest BCUT2D eigenvalue weighted by molar-refractivity contribution is -0.136. The van der Waals surface area contributed by atoms with E-state index in [1.165, 1.54) is 7.11 Å². The summed E-state index contributed by atoms with van der Waals surface area (Å²) in [6, 6.07) is 7.13. The number of nitrogens with two attached hydrogens (primary N) is 1. The zero-order valence-electron chi connectivity index (χ0n) is 9.91. The van der Waals surface area contributed by atoms with E-state index in [4.69, 9.17) is 17.3 Å². The smallest absolute Gasteiger partial charge is 0.355 e. The number of allylic oxidation sites excluding steroid dienone is 1. The Morgan fingerprint density at radius 3 is 2.39 bits per heavy atom. The van der Waals surface area contributed by atoms with Crippen molar-refractivity contribution in [2.45, 2.75) is 0 Å². The molecule has 0 aliphatic heterocycles. The number of rotatable bonds is 3. The Labute approximate surface area is 124 Å². The average Bonchev–Trinajstić information content (AvgIpc) is 2.39. The SMILES string of the molecule is CN=C(C(I)=C(N)C(=O)OC)c1ccc(Cl)cc1. The van der Waals surface area contributed by atoms with E-state index in [9.17, 15) is 4.79 Å². The molecular weight excluding hydrogens is 367 g/mol. The maximum Gasteiger partial charge on any atom is 0.355 e. The standard InChI is InChI=1S/C12H12ClIN2O2/c1-16-11(7-3-5-8(13)6-4-7)9(14)10(15)12(17)18-2/h3-6H,15H2,1-2H3. The van der Waals surface area contributed by atoms with E-state index in [0.29, 0.717) is 14.3 Å². The van der Waals surface area contributed by atoms with Gasteiger partial charge in [0.05, 0.1) is 16.4 Å². The molecule has 18 heavy (non-hydrogen) atoms. The first-order valence-corrected chi connectivity index (χ1v) is 6.43. The highest BCUT2D eigenvalue weighted by Crippen LogP contribution is 2.20. The topological polar surface area (TPSA) is 64.7 Å². The van der Waals surface area contributed by atoms with Crippen molar-refractivity contribution in [1.82, 2.24) is 0 Å². The minimum atomic E-state index is -0.575. The molecule has 0 unspecified atom stereocenters. The summed E-state index contributed by atoms with van der Waals surface area (Å²) in [6.07, 6.45) is 0. The van der Waals surface area contributed by atoms with Crippen LogP contribution < -0.4 is 5.73 Å². The normalized spacial score (nSPS) is 13.0. The number of ether oxygens (including phenoxy) is 1. The number of hydrogen-bond donors (Lipinski definition) is 1. The third kappa shape index (κ3) is 3.46. The summed E-state index contributed by atoms with van der Waals surface area (Å²) in [5, 5.41) is 0.633. The molecule has 0 aliphatic carbocycles. The molecule has 0 aromatic heterocycles. The van der Waals surface area contributed by atoms with Crippen molar-refractivity contribution in [3.8, 4) is 0 Å². The van der Waals surface area contributed by atoms with Crippen LogP contribution in [-0.2, 0) is 9.53 Å². The molecule has 0 fully saturated rings. The number of aliphatic imine (C=N–C) groups is 1. The lowest BCUT2D eigenvalue weighted by Crippen LogP contribution is -2.17. The van der Waals surface area contributed by atoms with Gasteiger partial charge in [-0.1, -0.05) is 23.7 Å². The van der Waals surface area contributed by atoms with Gasteiger partial charge in [0.15, 0.2) is 0 Å². The molecule has 1 aromatic rings. The van der Waals surface area contributed by atoms with Crippen molar-refractivity contribution in [2.75, 3.05) is 14.2 Å². The maximum absolute atomic E-state index is 11.4. The molecule has 0 aliphatic rings. The lowest BCUT2D eigenvalue weighted by atomic mass is 10.1. The lowest BCUT2D eigenvalue weighted by Gasteiger charge is -2.08. The van der Waals surface area contributed by atoms with Crippen LogP contribution >= 0.6 is 34.2 Å².